The van der Waals surface area contributed by atoms with Crippen molar-refractivity contribution < 1.29 is 19.4 Å². The van der Waals surface area contributed by atoms with Crippen LogP contribution in [0.4, 0.5) is 0 Å². The van der Waals surface area contributed by atoms with Crippen LogP contribution in [-0.4, -0.2) is 36.7 Å². The summed E-state index contributed by atoms with van der Waals surface area (Å²) < 4.78 is 4.79. The molecule has 1 aliphatic rings. The zero-order chi connectivity index (χ0) is 15.2. The van der Waals surface area contributed by atoms with E-state index >= 15 is 0 Å². The predicted molar refractivity (Wildman–Crippen MR) is 78.3 cm³/mol. The summed E-state index contributed by atoms with van der Waals surface area (Å²) in [6.07, 6.45) is 3.24. The van der Waals surface area contributed by atoms with Gasteiger partial charge in [-0.2, -0.15) is 0 Å². The number of benzene rings is 1. The number of methoxy groups -OCH3 is 1. The van der Waals surface area contributed by atoms with Gasteiger partial charge in [0.2, 0.25) is 0 Å². The first-order valence-corrected chi connectivity index (χ1v) is 7.24. The topological polar surface area (TPSA) is 75.6 Å². The quantitative estimate of drug-likeness (QED) is 0.810. The predicted octanol–water partition coefficient (Wildman–Crippen LogP) is 1.86. The number of hydrogen-bond donors (Lipinski definition) is 2. The number of aliphatic carboxylic acids is 1. The molecule has 0 amide bonds. The van der Waals surface area contributed by atoms with Crippen LogP contribution in [0.25, 0.3) is 0 Å². The Balaban J connectivity index is 1.90. The molecule has 2 N–H and O–H groups in total. The molecule has 2 rings (SSSR count). The van der Waals surface area contributed by atoms with Gasteiger partial charge in [-0.25, -0.2) is 4.79 Å². The Bertz CT molecular complexity index is 507. The van der Waals surface area contributed by atoms with Gasteiger partial charge in [0.25, 0.3) is 0 Å². The molecule has 5 nitrogen and oxygen atoms in total. The van der Waals surface area contributed by atoms with Gasteiger partial charge in [-0.3, -0.25) is 4.79 Å². The van der Waals surface area contributed by atoms with Crippen LogP contribution in [0.15, 0.2) is 24.3 Å². The van der Waals surface area contributed by atoms with E-state index in [-0.39, 0.29) is 11.9 Å². The molecule has 2 atom stereocenters. The lowest BCUT2D eigenvalue weighted by molar-refractivity contribution is -0.142. The van der Waals surface area contributed by atoms with Crippen molar-refractivity contribution in [1.82, 2.24) is 5.32 Å². The van der Waals surface area contributed by atoms with Crippen LogP contribution in [0.2, 0.25) is 0 Å². The Morgan fingerprint density at radius 2 is 2.10 bits per heavy atom. The second kappa shape index (κ2) is 7.22. The number of rotatable bonds is 5. The van der Waals surface area contributed by atoms with E-state index in [9.17, 15) is 9.59 Å². The van der Waals surface area contributed by atoms with E-state index in [2.05, 4.69) is 5.32 Å². The van der Waals surface area contributed by atoms with Gasteiger partial charge >= 0.3 is 11.9 Å². The Hall–Kier alpha value is -1.88. The monoisotopic (exact) mass is 291 g/mol. The van der Waals surface area contributed by atoms with E-state index in [0.717, 1.165) is 24.8 Å². The van der Waals surface area contributed by atoms with E-state index in [1.807, 2.05) is 18.2 Å². The van der Waals surface area contributed by atoms with Crippen LogP contribution in [0.1, 0.15) is 35.2 Å². The lowest BCUT2D eigenvalue weighted by Gasteiger charge is -2.27. The Kier molecular flexibility index (Phi) is 5.33. The molecule has 0 aliphatic carbocycles. The summed E-state index contributed by atoms with van der Waals surface area (Å²) in [6.45, 7) is 0.526. The Labute approximate surface area is 124 Å². The fraction of sp³-hybridized carbons (Fsp3) is 0.500. The molecule has 5 heteroatoms. The van der Waals surface area contributed by atoms with E-state index in [1.54, 1.807) is 6.07 Å². The van der Waals surface area contributed by atoms with E-state index in [4.69, 9.17) is 9.84 Å². The highest BCUT2D eigenvalue weighted by Crippen LogP contribution is 2.19. The van der Waals surface area contributed by atoms with Gasteiger partial charge in [-0.15, -0.1) is 0 Å². The van der Waals surface area contributed by atoms with Crippen LogP contribution in [0.3, 0.4) is 0 Å². The number of carboxylic acid groups (broad SMARTS) is 1. The van der Waals surface area contributed by atoms with Crippen LogP contribution in [0.5, 0.6) is 0 Å². The average Bonchev–Trinajstić information content (AvgIpc) is 2.52. The maximum absolute atomic E-state index is 11.7. The molecule has 0 spiro atoms. The number of aryl methyl sites for hydroxylation is 1. The summed E-state index contributed by atoms with van der Waals surface area (Å²) in [5, 5.41) is 12.3. The minimum Gasteiger partial charge on any atom is -0.481 e. The first-order chi connectivity index (χ1) is 10.1. The summed E-state index contributed by atoms with van der Waals surface area (Å²) >= 11 is 0. The number of esters is 1. The van der Waals surface area contributed by atoms with Gasteiger partial charge < -0.3 is 15.2 Å². The average molecular weight is 291 g/mol. The molecule has 0 aromatic heterocycles. The molecule has 1 heterocycles. The number of nitrogens with one attached hydrogen (secondary N) is 1. The fourth-order valence-electron chi connectivity index (χ4n) is 2.75. The van der Waals surface area contributed by atoms with Crippen molar-refractivity contribution in [3.63, 3.8) is 0 Å². The third-order valence-electron chi connectivity index (χ3n) is 4.05. The molecular weight excluding hydrogens is 270 g/mol. The van der Waals surface area contributed by atoms with E-state index in [0.29, 0.717) is 24.6 Å². The van der Waals surface area contributed by atoms with Gasteiger partial charge in [-0.1, -0.05) is 18.2 Å². The summed E-state index contributed by atoms with van der Waals surface area (Å²) in [5.74, 6) is -1.31. The van der Waals surface area contributed by atoms with Crippen LogP contribution >= 0.6 is 0 Å². The van der Waals surface area contributed by atoms with Crippen molar-refractivity contribution >= 4 is 11.9 Å². The molecule has 2 unspecified atom stereocenters. The molecule has 1 saturated heterocycles. The Morgan fingerprint density at radius 1 is 1.33 bits per heavy atom. The van der Waals surface area contributed by atoms with Gasteiger partial charge in [0, 0.05) is 12.6 Å². The van der Waals surface area contributed by atoms with Crippen molar-refractivity contribution in [3.05, 3.63) is 35.4 Å². The molecule has 1 aromatic carbocycles. The second-order valence-corrected chi connectivity index (χ2v) is 5.41. The summed E-state index contributed by atoms with van der Waals surface area (Å²) in [5.41, 5.74) is 1.59. The zero-order valence-electron chi connectivity index (χ0n) is 12.2. The van der Waals surface area contributed by atoms with Gasteiger partial charge in [0.1, 0.15) is 0 Å². The van der Waals surface area contributed by atoms with Crippen molar-refractivity contribution in [2.24, 2.45) is 5.92 Å². The molecule has 0 saturated carbocycles. The normalized spacial score (nSPS) is 21.8. The van der Waals surface area contributed by atoms with Crippen molar-refractivity contribution in [1.29, 1.82) is 0 Å². The lowest BCUT2D eigenvalue weighted by atomic mass is 9.91. The van der Waals surface area contributed by atoms with Crippen molar-refractivity contribution in [3.8, 4) is 0 Å². The van der Waals surface area contributed by atoms with Crippen LogP contribution < -0.4 is 5.32 Å². The molecule has 0 bridgehead atoms. The highest BCUT2D eigenvalue weighted by molar-refractivity contribution is 5.90. The summed E-state index contributed by atoms with van der Waals surface area (Å²) in [4.78, 5) is 22.6. The molecule has 1 fully saturated rings. The molecule has 1 aliphatic heterocycles. The molecule has 21 heavy (non-hydrogen) atoms. The van der Waals surface area contributed by atoms with Crippen molar-refractivity contribution in [2.75, 3.05) is 13.7 Å². The first-order valence-electron chi connectivity index (χ1n) is 7.24. The molecule has 0 radical (unpaired) electrons. The van der Waals surface area contributed by atoms with E-state index < -0.39 is 5.97 Å². The number of piperidine rings is 1. The highest BCUT2D eigenvalue weighted by atomic mass is 16.5. The fourth-order valence-corrected chi connectivity index (χ4v) is 2.75. The van der Waals surface area contributed by atoms with Crippen LogP contribution in [0, 0.1) is 5.92 Å². The number of carbonyl (C=O) groups is 2. The summed E-state index contributed by atoms with van der Waals surface area (Å²) in [6, 6.07) is 7.76. The van der Waals surface area contributed by atoms with Crippen molar-refractivity contribution in [2.45, 2.75) is 31.7 Å². The zero-order valence-corrected chi connectivity index (χ0v) is 12.2. The van der Waals surface area contributed by atoms with Gasteiger partial charge in [0.05, 0.1) is 18.6 Å². The SMILES string of the molecule is COC(=O)c1ccccc1CCC1CCC(C(=O)O)CN1. The third kappa shape index (κ3) is 4.04. The lowest BCUT2D eigenvalue weighted by Crippen LogP contribution is -2.41. The maximum atomic E-state index is 11.7. The number of carboxylic acids is 1. The summed E-state index contributed by atoms with van der Waals surface area (Å²) in [7, 11) is 1.38. The molecular formula is C16H21NO4. The standard InChI is InChI=1S/C16H21NO4/c1-21-16(20)14-5-3-2-4-11(14)6-8-13-9-7-12(10-17-13)15(18)19/h2-5,12-13,17H,6-10H2,1H3,(H,18,19). The molecule has 1 aromatic rings. The minimum atomic E-state index is -0.725. The second-order valence-electron chi connectivity index (χ2n) is 5.41. The van der Waals surface area contributed by atoms with Crippen LogP contribution in [-0.2, 0) is 16.0 Å². The first kappa shape index (κ1) is 15.5. The van der Waals surface area contributed by atoms with Gasteiger partial charge in [-0.05, 0) is 37.3 Å². The molecule has 114 valence electrons. The Morgan fingerprint density at radius 3 is 2.71 bits per heavy atom. The largest absolute Gasteiger partial charge is 0.481 e. The third-order valence-corrected chi connectivity index (χ3v) is 4.05. The number of hydrogen-bond acceptors (Lipinski definition) is 4. The highest BCUT2D eigenvalue weighted by Gasteiger charge is 2.25. The maximum Gasteiger partial charge on any atom is 0.338 e. The van der Waals surface area contributed by atoms with Gasteiger partial charge in [0.15, 0.2) is 0 Å². The van der Waals surface area contributed by atoms with E-state index in [1.165, 1.54) is 7.11 Å². The smallest absolute Gasteiger partial charge is 0.338 e. The minimum absolute atomic E-state index is 0.274. The number of carbonyl (C=O) groups excluding carboxylic acids is 1. The number of ether oxygens (including phenoxy) is 1.